The van der Waals surface area contributed by atoms with Crippen LogP contribution in [0.4, 0.5) is 0 Å². The maximum atomic E-state index is 13.7. The van der Waals surface area contributed by atoms with E-state index in [0.29, 0.717) is 41.2 Å². The molecule has 3 unspecified atom stereocenters. The van der Waals surface area contributed by atoms with Gasteiger partial charge in [-0.3, -0.25) is 9.59 Å². The second-order valence-corrected chi connectivity index (χ2v) is 10.2. The SMILES string of the molecule is CC[C@H]1CCC2C3C(=O)[C@@H](CC)[C@@H]4CC(=O)CC[C@]4(C)C3CC[C@@]21C. The Kier molecular flexibility index (Phi) is 4.20. The molecule has 4 rings (SSSR count). The summed E-state index contributed by atoms with van der Waals surface area (Å²) in [4.78, 5) is 25.9. The minimum absolute atomic E-state index is 0.138. The van der Waals surface area contributed by atoms with Gasteiger partial charge in [-0.1, -0.05) is 34.1 Å². The Morgan fingerprint density at radius 1 is 0.880 bits per heavy atom. The number of carbonyl (C=O) groups excluding carboxylic acids is 2. The summed E-state index contributed by atoms with van der Waals surface area (Å²) in [6.07, 6.45) is 9.75. The third-order valence-corrected chi connectivity index (χ3v) is 9.66. The zero-order chi connectivity index (χ0) is 18.0. The molecule has 0 aliphatic heterocycles. The minimum atomic E-state index is 0.138. The first kappa shape index (κ1) is 17.7. The molecule has 0 N–H and O–H groups in total. The molecule has 8 atom stereocenters. The van der Waals surface area contributed by atoms with E-state index in [-0.39, 0.29) is 17.3 Å². The second-order valence-electron chi connectivity index (χ2n) is 10.2. The van der Waals surface area contributed by atoms with Crippen LogP contribution in [-0.4, -0.2) is 11.6 Å². The van der Waals surface area contributed by atoms with Crippen molar-refractivity contribution in [1.29, 1.82) is 0 Å². The highest BCUT2D eigenvalue weighted by atomic mass is 16.1. The van der Waals surface area contributed by atoms with Crippen molar-refractivity contribution >= 4 is 11.6 Å². The molecule has 0 bridgehead atoms. The van der Waals surface area contributed by atoms with Crippen molar-refractivity contribution in [3.63, 3.8) is 0 Å². The smallest absolute Gasteiger partial charge is 0.139 e. The van der Waals surface area contributed by atoms with E-state index >= 15 is 0 Å². The Balaban J connectivity index is 1.74. The summed E-state index contributed by atoms with van der Waals surface area (Å²) in [6, 6.07) is 0. The van der Waals surface area contributed by atoms with Crippen LogP contribution in [-0.2, 0) is 9.59 Å². The van der Waals surface area contributed by atoms with Crippen LogP contribution in [0.5, 0.6) is 0 Å². The number of hydrogen-bond donors (Lipinski definition) is 0. The van der Waals surface area contributed by atoms with Crippen LogP contribution in [0.15, 0.2) is 0 Å². The van der Waals surface area contributed by atoms with Gasteiger partial charge in [-0.15, -0.1) is 0 Å². The Labute approximate surface area is 153 Å². The van der Waals surface area contributed by atoms with E-state index in [9.17, 15) is 9.59 Å². The van der Waals surface area contributed by atoms with Gasteiger partial charge in [0.1, 0.15) is 11.6 Å². The molecular formula is C23H36O2. The van der Waals surface area contributed by atoms with Gasteiger partial charge in [0.15, 0.2) is 0 Å². The summed E-state index contributed by atoms with van der Waals surface area (Å²) in [5.74, 6) is 3.65. The lowest BCUT2D eigenvalue weighted by Gasteiger charge is -2.61. The average molecular weight is 345 g/mol. The number of hydrogen-bond acceptors (Lipinski definition) is 2. The van der Waals surface area contributed by atoms with Crippen LogP contribution in [0.1, 0.15) is 85.5 Å². The molecule has 4 aliphatic carbocycles. The summed E-state index contributed by atoms with van der Waals surface area (Å²) in [7, 11) is 0. The molecule has 2 nitrogen and oxygen atoms in total. The zero-order valence-electron chi connectivity index (χ0n) is 16.6. The summed E-state index contributed by atoms with van der Waals surface area (Å²) in [6.45, 7) is 9.47. The highest BCUT2D eigenvalue weighted by Crippen LogP contribution is 2.67. The molecule has 0 aromatic rings. The summed E-state index contributed by atoms with van der Waals surface area (Å²) in [5, 5.41) is 0. The van der Waals surface area contributed by atoms with Gasteiger partial charge in [-0.2, -0.15) is 0 Å². The Bertz CT molecular complexity index is 581. The molecule has 0 saturated heterocycles. The van der Waals surface area contributed by atoms with Crippen molar-refractivity contribution in [1.82, 2.24) is 0 Å². The lowest BCUT2D eigenvalue weighted by atomic mass is 9.42. The van der Waals surface area contributed by atoms with Crippen LogP contribution < -0.4 is 0 Å². The molecule has 0 radical (unpaired) electrons. The third-order valence-electron chi connectivity index (χ3n) is 9.66. The second kappa shape index (κ2) is 5.92. The third kappa shape index (κ3) is 2.28. The molecule has 4 saturated carbocycles. The fourth-order valence-electron chi connectivity index (χ4n) is 8.22. The molecule has 25 heavy (non-hydrogen) atoms. The summed E-state index contributed by atoms with van der Waals surface area (Å²) in [5.41, 5.74) is 0.607. The molecule has 4 fully saturated rings. The standard InChI is InChI=1S/C23H36O2/c1-5-14-7-8-17-20-18(10-12-22(14,17)3)23(4)11-9-15(24)13-19(23)16(6-2)21(20)25/h14,16-20H,5-13H2,1-4H3/t14-,16-,17?,18?,19-,20?,22+,23+/m0/s1. The Hall–Kier alpha value is -0.660. The largest absolute Gasteiger partial charge is 0.300 e. The van der Waals surface area contributed by atoms with E-state index in [4.69, 9.17) is 0 Å². The monoisotopic (exact) mass is 344 g/mol. The minimum Gasteiger partial charge on any atom is -0.300 e. The van der Waals surface area contributed by atoms with Gasteiger partial charge in [-0.25, -0.2) is 0 Å². The van der Waals surface area contributed by atoms with Gasteiger partial charge in [0.05, 0.1) is 0 Å². The maximum Gasteiger partial charge on any atom is 0.139 e. The number of Topliss-reactive ketones (excluding diaryl/α,β-unsaturated/α-hetero) is 2. The van der Waals surface area contributed by atoms with Crippen LogP contribution in [0, 0.1) is 46.3 Å². The van der Waals surface area contributed by atoms with E-state index in [2.05, 4.69) is 27.7 Å². The van der Waals surface area contributed by atoms with E-state index in [1.165, 1.54) is 32.1 Å². The quantitative estimate of drug-likeness (QED) is 0.668. The fourth-order valence-corrected chi connectivity index (χ4v) is 8.22. The number of fused-ring (bicyclic) bond motifs is 5. The normalized spacial score (nSPS) is 52.5. The molecule has 0 aromatic heterocycles. The molecule has 140 valence electrons. The van der Waals surface area contributed by atoms with Gasteiger partial charge in [0, 0.05) is 24.7 Å². The Morgan fingerprint density at radius 3 is 2.28 bits per heavy atom. The van der Waals surface area contributed by atoms with E-state index in [1.54, 1.807) is 0 Å². The summed E-state index contributed by atoms with van der Waals surface area (Å²) >= 11 is 0. The van der Waals surface area contributed by atoms with Crippen LogP contribution in [0.25, 0.3) is 0 Å². The zero-order valence-corrected chi connectivity index (χ0v) is 16.6. The highest BCUT2D eigenvalue weighted by molar-refractivity contribution is 5.88. The van der Waals surface area contributed by atoms with E-state index in [0.717, 1.165) is 25.2 Å². The van der Waals surface area contributed by atoms with E-state index < -0.39 is 0 Å². The van der Waals surface area contributed by atoms with Gasteiger partial charge in [0.2, 0.25) is 0 Å². The topological polar surface area (TPSA) is 34.1 Å². The van der Waals surface area contributed by atoms with Crippen LogP contribution in [0.3, 0.4) is 0 Å². The first-order valence-corrected chi connectivity index (χ1v) is 10.9. The lowest BCUT2D eigenvalue weighted by molar-refractivity contribution is -0.169. The van der Waals surface area contributed by atoms with Gasteiger partial charge in [0.25, 0.3) is 0 Å². The molecule has 2 heteroatoms. The molecule has 0 spiro atoms. The van der Waals surface area contributed by atoms with Crippen molar-refractivity contribution in [3.05, 3.63) is 0 Å². The van der Waals surface area contributed by atoms with Gasteiger partial charge >= 0.3 is 0 Å². The molecule has 0 amide bonds. The first-order valence-electron chi connectivity index (χ1n) is 10.9. The molecule has 4 aliphatic rings. The van der Waals surface area contributed by atoms with Gasteiger partial charge in [-0.05, 0) is 73.0 Å². The number of carbonyl (C=O) groups is 2. The van der Waals surface area contributed by atoms with Crippen molar-refractivity contribution in [2.45, 2.75) is 85.5 Å². The highest BCUT2D eigenvalue weighted by Gasteiger charge is 2.64. The number of ketones is 2. The lowest BCUT2D eigenvalue weighted by Crippen LogP contribution is -2.60. The molecule has 0 heterocycles. The fraction of sp³-hybridized carbons (Fsp3) is 0.913. The van der Waals surface area contributed by atoms with Crippen molar-refractivity contribution in [3.8, 4) is 0 Å². The molecular weight excluding hydrogens is 308 g/mol. The van der Waals surface area contributed by atoms with Crippen molar-refractivity contribution in [2.75, 3.05) is 0 Å². The molecule has 0 aromatic carbocycles. The predicted molar refractivity (Wildman–Crippen MR) is 100 cm³/mol. The Morgan fingerprint density at radius 2 is 1.60 bits per heavy atom. The predicted octanol–water partition coefficient (Wildman–Crippen LogP) is 5.44. The van der Waals surface area contributed by atoms with Crippen molar-refractivity contribution < 1.29 is 9.59 Å². The number of rotatable bonds is 2. The van der Waals surface area contributed by atoms with Crippen molar-refractivity contribution in [2.24, 2.45) is 46.3 Å². The van der Waals surface area contributed by atoms with Crippen LogP contribution >= 0.6 is 0 Å². The average Bonchev–Trinajstić information content (AvgIpc) is 2.93. The van der Waals surface area contributed by atoms with Gasteiger partial charge < -0.3 is 0 Å². The van der Waals surface area contributed by atoms with E-state index in [1.807, 2.05) is 0 Å². The van der Waals surface area contributed by atoms with Crippen LogP contribution in [0.2, 0.25) is 0 Å². The first-order chi connectivity index (χ1) is 11.9. The summed E-state index contributed by atoms with van der Waals surface area (Å²) < 4.78 is 0. The maximum absolute atomic E-state index is 13.7.